The lowest BCUT2D eigenvalue weighted by molar-refractivity contribution is -0.633. The van der Waals surface area contributed by atoms with Gasteiger partial charge in [-0.2, -0.15) is 4.57 Å². The van der Waals surface area contributed by atoms with Crippen LogP contribution in [0.15, 0.2) is 124 Å². The van der Waals surface area contributed by atoms with Crippen molar-refractivity contribution in [1.82, 2.24) is 4.57 Å². The van der Waals surface area contributed by atoms with E-state index >= 15 is 0 Å². The molecule has 0 aliphatic heterocycles. The molecule has 0 aliphatic rings. The molecule has 0 saturated heterocycles. The zero-order valence-corrected chi connectivity index (χ0v) is 28.8. The third-order valence-electron chi connectivity index (χ3n) is 10.4. The molecule has 6 aromatic carbocycles. The highest BCUT2D eigenvalue weighted by Gasteiger charge is 2.33. The first-order chi connectivity index (χ1) is 23.8. The van der Waals surface area contributed by atoms with Crippen molar-refractivity contribution >= 4 is 54.9 Å². The molecular weight excluding hydrogens is 601 g/mol. The summed E-state index contributed by atoms with van der Waals surface area (Å²) < 4.78 is 18.0. The van der Waals surface area contributed by atoms with Crippen molar-refractivity contribution in [2.45, 2.75) is 46.5 Å². The van der Waals surface area contributed by atoms with E-state index in [2.05, 4.69) is 154 Å². The summed E-state index contributed by atoms with van der Waals surface area (Å²) in [7, 11) is 2.19. The van der Waals surface area contributed by atoms with E-state index in [4.69, 9.17) is 8.83 Å². The predicted molar refractivity (Wildman–Crippen MR) is 203 cm³/mol. The molecule has 4 nitrogen and oxygen atoms in total. The molecule has 9 rings (SSSR count). The normalized spacial score (nSPS) is 12.2. The zero-order chi connectivity index (χ0) is 33.6. The van der Waals surface area contributed by atoms with Crippen LogP contribution in [0.1, 0.15) is 56.2 Å². The van der Waals surface area contributed by atoms with Gasteiger partial charge in [0.1, 0.15) is 28.0 Å². The monoisotopic (exact) mass is 639 g/mol. The van der Waals surface area contributed by atoms with E-state index in [1.807, 2.05) is 12.1 Å². The first-order valence-electron chi connectivity index (χ1n) is 17.3. The van der Waals surface area contributed by atoms with Crippen LogP contribution in [0.5, 0.6) is 0 Å². The van der Waals surface area contributed by atoms with Crippen molar-refractivity contribution in [3.63, 3.8) is 0 Å². The molecule has 0 atom stereocenters. The number of aryl methyl sites for hydroxylation is 2. The minimum absolute atomic E-state index is 0.355. The molecule has 49 heavy (non-hydrogen) atoms. The number of nitrogens with zero attached hydrogens (tertiary/aromatic N) is 2. The average Bonchev–Trinajstić information content (AvgIpc) is 3.76. The molecule has 0 saturated carbocycles. The van der Waals surface area contributed by atoms with E-state index in [9.17, 15) is 0 Å². The van der Waals surface area contributed by atoms with Crippen molar-refractivity contribution in [2.24, 2.45) is 7.05 Å². The van der Waals surface area contributed by atoms with Crippen LogP contribution in [0.3, 0.4) is 0 Å². The van der Waals surface area contributed by atoms with Crippen molar-refractivity contribution in [3.8, 4) is 28.2 Å². The topological polar surface area (TPSA) is 35.1 Å². The molecule has 3 heterocycles. The Kier molecular flexibility index (Phi) is 6.61. The zero-order valence-electron chi connectivity index (χ0n) is 28.8. The summed E-state index contributed by atoms with van der Waals surface area (Å²) in [5.74, 6) is 1.83. The molecule has 0 unspecified atom stereocenters. The second kappa shape index (κ2) is 11.0. The first kappa shape index (κ1) is 29.5. The number of hydrogen-bond donors (Lipinski definition) is 0. The van der Waals surface area contributed by atoms with Crippen LogP contribution in [-0.2, 0) is 7.05 Å². The molecule has 3 aromatic heterocycles. The van der Waals surface area contributed by atoms with Crippen molar-refractivity contribution < 1.29 is 13.4 Å². The summed E-state index contributed by atoms with van der Waals surface area (Å²) in [6.07, 6.45) is 0. The summed E-state index contributed by atoms with van der Waals surface area (Å²) in [6.45, 7) is 11.4. The Morgan fingerprint density at radius 2 is 1.16 bits per heavy atom. The number of aromatic nitrogens is 2. The molecule has 0 fully saturated rings. The number of furan rings is 2. The van der Waals surface area contributed by atoms with Crippen molar-refractivity contribution in [1.29, 1.82) is 0 Å². The van der Waals surface area contributed by atoms with Gasteiger partial charge in [-0.25, -0.2) is 4.57 Å². The Morgan fingerprint density at radius 1 is 0.571 bits per heavy atom. The van der Waals surface area contributed by atoms with Crippen LogP contribution in [0.4, 0.5) is 0 Å². The van der Waals surface area contributed by atoms with Crippen molar-refractivity contribution in [3.05, 3.63) is 132 Å². The lowest BCUT2D eigenvalue weighted by atomic mass is 9.92. The highest BCUT2D eigenvalue weighted by atomic mass is 16.3. The van der Waals surface area contributed by atoms with E-state index < -0.39 is 0 Å². The quantitative estimate of drug-likeness (QED) is 0.176. The van der Waals surface area contributed by atoms with Crippen LogP contribution < -0.4 is 4.57 Å². The van der Waals surface area contributed by atoms with E-state index in [1.54, 1.807) is 0 Å². The number of hydrogen-bond acceptors (Lipinski definition) is 2. The van der Waals surface area contributed by atoms with Gasteiger partial charge in [-0.05, 0) is 77.9 Å². The fourth-order valence-corrected chi connectivity index (χ4v) is 7.89. The molecule has 240 valence electrons. The number of benzene rings is 6. The van der Waals surface area contributed by atoms with Gasteiger partial charge in [0.2, 0.25) is 0 Å². The Hall–Kier alpha value is -5.61. The van der Waals surface area contributed by atoms with E-state index in [0.717, 1.165) is 66.4 Å². The minimum Gasteiger partial charge on any atom is -0.456 e. The highest BCUT2D eigenvalue weighted by molar-refractivity contribution is 6.11. The molecule has 0 N–H and O–H groups in total. The molecule has 9 aromatic rings. The largest absolute Gasteiger partial charge is 0.456 e. The second-order valence-electron chi connectivity index (χ2n) is 14.1. The maximum atomic E-state index is 6.96. The van der Waals surface area contributed by atoms with Crippen LogP contribution in [0.25, 0.3) is 83.1 Å². The van der Waals surface area contributed by atoms with Gasteiger partial charge in [0.05, 0.1) is 7.05 Å². The average molecular weight is 640 g/mol. The van der Waals surface area contributed by atoms with Gasteiger partial charge in [-0.3, -0.25) is 0 Å². The third-order valence-corrected chi connectivity index (χ3v) is 10.4. The van der Waals surface area contributed by atoms with Gasteiger partial charge in [-0.1, -0.05) is 100 Å². The SMILES string of the molecule is Cc1ccc2c(oc3cc(-c4ccc5c(c4)oc4ccccc45)ccc32)c1-c1n(-c2c(C(C)C)cccc2C(C)C)c2ccccc2[n+]1C. The Balaban J connectivity index is 1.30. The number of para-hydroxylation sites is 4. The van der Waals surface area contributed by atoms with Gasteiger partial charge in [-0.15, -0.1) is 0 Å². The van der Waals surface area contributed by atoms with Gasteiger partial charge in [0.15, 0.2) is 16.6 Å². The predicted octanol–water partition coefficient (Wildman–Crippen LogP) is 12.1. The van der Waals surface area contributed by atoms with E-state index in [0.29, 0.717) is 11.8 Å². The minimum atomic E-state index is 0.355. The van der Waals surface area contributed by atoms with Crippen LogP contribution in [0, 0.1) is 6.92 Å². The Labute approximate surface area is 285 Å². The Bertz CT molecular complexity index is 2730. The van der Waals surface area contributed by atoms with Crippen LogP contribution >= 0.6 is 0 Å². The Morgan fingerprint density at radius 3 is 1.88 bits per heavy atom. The first-order valence-corrected chi connectivity index (χ1v) is 17.3. The lowest BCUT2D eigenvalue weighted by Crippen LogP contribution is -2.30. The van der Waals surface area contributed by atoms with E-state index in [-0.39, 0.29) is 0 Å². The van der Waals surface area contributed by atoms with Gasteiger partial charge >= 0.3 is 0 Å². The fourth-order valence-electron chi connectivity index (χ4n) is 7.89. The lowest BCUT2D eigenvalue weighted by Gasteiger charge is -2.18. The smallest absolute Gasteiger partial charge is 0.299 e. The summed E-state index contributed by atoms with van der Waals surface area (Å²) in [5.41, 5.74) is 14.4. The molecule has 0 bridgehead atoms. The summed E-state index contributed by atoms with van der Waals surface area (Å²) >= 11 is 0. The maximum Gasteiger partial charge on any atom is 0.299 e. The number of fused-ring (bicyclic) bond motifs is 7. The van der Waals surface area contributed by atoms with Crippen LogP contribution in [0.2, 0.25) is 0 Å². The number of imidazole rings is 1. The van der Waals surface area contributed by atoms with Gasteiger partial charge < -0.3 is 8.83 Å². The molecule has 0 spiro atoms. The second-order valence-corrected chi connectivity index (χ2v) is 14.1. The third kappa shape index (κ3) is 4.40. The molecule has 0 aliphatic carbocycles. The molecule has 4 heteroatoms. The highest BCUT2D eigenvalue weighted by Crippen LogP contribution is 2.42. The van der Waals surface area contributed by atoms with Gasteiger partial charge in [0, 0.05) is 32.7 Å². The number of rotatable bonds is 5. The molecule has 0 amide bonds. The van der Waals surface area contributed by atoms with Gasteiger partial charge in [0.25, 0.3) is 5.82 Å². The standard InChI is InChI=1S/C45H39N2O2/c1-26(2)31-13-11-14-32(27(3)4)43(31)47-38-16-9-8-15-37(38)46(6)45(47)42-28(5)18-21-36-35-23-20-30(25-41(35)49-44(36)42)29-19-22-34-33-12-7-10-17-39(33)48-40(34)24-29/h7-27H,1-6H3/q+1. The maximum absolute atomic E-state index is 6.96. The summed E-state index contributed by atoms with van der Waals surface area (Å²) in [4.78, 5) is 0. The fraction of sp³-hybridized carbons (Fsp3) is 0.178. The van der Waals surface area contributed by atoms with E-state index in [1.165, 1.54) is 33.4 Å². The van der Waals surface area contributed by atoms with Crippen molar-refractivity contribution in [2.75, 3.05) is 0 Å². The van der Waals surface area contributed by atoms with Crippen LogP contribution in [-0.4, -0.2) is 4.57 Å². The molecule has 0 radical (unpaired) electrons. The summed E-state index contributed by atoms with van der Waals surface area (Å²) in [5, 5.41) is 4.50. The molecular formula is C45H39N2O2+. The summed E-state index contributed by atoms with van der Waals surface area (Å²) in [6, 6.07) is 41.3.